The van der Waals surface area contributed by atoms with Crippen molar-refractivity contribution in [3.8, 4) is 5.69 Å². The van der Waals surface area contributed by atoms with Crippen LogP contribution in [0.2, 0.25) is 10.0 Å². The van der Waals surface area contributed by atoms with Crippen LogP contribution in [0.4, 0.5) is 0 Å². The summed E-state index contributed by atoms with van der Waals surface area (Å²) in [6.07, 6.45) is 3.64. The van der Waals surface area contributed by atoms with Gasteiger partial charge in [0.05, 0.1) is 28.0 Å². The maximum absolute atomic E-state index is 6.28. The molecule has 0 radical (unpaired) electrons. The van der Waals surface area contributed by atoms with Crippen molar-refractivity contribution in [2.75, 3.05) is 0 Å². The Kier molecular flexibility index (Phi) is 3.97. The molecule has 0 saturated carbocycles. The molecule has 0 spiro atoms. The Morgan fingerprint density at radius 1 is 1.00 bits per heavy atom. The monoisotopic (exact) mass is 317 g/mol. The van der Waals surface area contributed by atoms with Gasteiger partial charge in [-0.15, -0.1) is 0 Å². The average molecular weight is 318 g/mol. The molecule has 3 rings (SSSR count). The summed E-state index contributed by atoms with van der Waals surface area (Å²) in [6.45, 7) is 0. The first kappa shape index (κ1) is 14.1. The van der Waals surface area contributed by atoms with Crippen LogP contribution >= 0.6 is 23.2 Å². The maximum Gasteiger partial charge on any atom is 0.0645 e. The Morgan fingerprint density at radius 3 is 2.52 bits per heavy atom. The van der Waals surface area contributed by atoms with E-state index in [4.69, 9.17) is 28.9 Å². The SMILES string of the molecule is NC(c1cnn(-c2ccccc2)c1)c1cccc(Cl)c1Cl. The Labute approximate surface area is 132 Å². The van der Waals surface area contributed by atoms with Crippen LogP contribution in [0.1, 0.15) is 17.2 Å². The van der Waals surface area contributed by atoms with E-state index >= 15 is 0 Å². The molecule has 2 N–H and O–H groups in total. The standard InChI is InChI=1S/C16H13Cl2N3/c17-14-8-4-7-13(15(14)18)16(19)11-9-20-21(10-11)12-5-2-1-3-6-12/h1-10,16H,19H2. The number of aromatic nitrogens is 2. The third kappa shape index (κ3) is 2.81. The second kappa shape index (κ2) is 5.90. The van der Waals surface area contributed by atoms with E-state index in [0.29, 0.717) is 10.0 Å². The summed E-state index contributed by atoms with van der Waals surface area (Å²) in [4.78, 5) is 0. The van der Waals surface area contributed by atoms with E-state index in [0.717, 1.165) is 16.8 Å². The first-order valence-electron chi connectivity index (χ1n) is 6.46. The van der Waals surface area contributed by atoms with Gasteiger partial charge in [-0.25, -0.2) is 4.68 Å². The molecule has 2 aromatic carbocycles. The second-order valence-corrected chi connectivity index (χ2v) is 5.46. The van der Waals surface area contributed by atoms with Crippen molar-refractivity contribution in [3.63, 3.8) is 0 Å². The highest BCUT2D eigenvalue weighted by atomic mass is 35.5. The van der Waals surface area contributed by atoms with Crippen LogP contribution in [0.15, 0.2) is 60.9 Å². The third-order valence-electron chi connectivity index (χ3n) is 3.30. The quantitative estimate of drug-likeness (QED) is 0.785. The molecule has 0 bridgehead atoms. The number of rotatable bonds is 3. The number of nitrogens with zero attached hydrogens (tertiary/aromatic N) is 2. The molecule has 0 amide bonds. The molecule has 1 aromatic heterocycles. The lowest BCUT2D eigenvalue weighted by Crippen LogP contribution is -2.11. The van der Waals surface area contributed by atoms with Crippen molar-refractivity contribution in [1.82, 2.24) is 9.78 Å². The molecule has 5 heteroatoms. The molecule has 3 aromatic rings. The molecular weight excluding hydrogens is 305 g/mol. The van der Waals surface area contributed by atoms with Crippen molar-refractivity contribution in [2.24, 2.45) is 5.73 Å². The predicted octanol–water partition coefficient (Wildman–Crippen LogP) is 4.23. The summed E-state index contributed by atoms with van der Waals surface area (Å²) in [5, 5.41) is 5.33. The number of benzene rings is 2. The minimum absolute atomic E-state index is 0.367. The zero-order chi connectivity index (χ0) is 14.8. The molecule has 3 nitrogen and oxygen atoms in total. The van der Waals surface area contributed by atoms with Crippen LogP contribution in [0.5, 0.6) is 0 Å². The number of hydrogen-bond acceptors (Lipinski definition) is 2. The fourth-order valence-electron chi connectivity index (χ4n) is 2.16. The molecule has 0 aliphatic heterocycles. The van der Waals surface area contributed by atoms with Gasteiger partial charge >= 0.3 is 0 Å². The van der Waals surface area contributed by atoms with Crippen LogP contribution in [0.3, 0.4) is 0 Å². The van der Waals surface area contributed by atoms with E-state index in [-0.39, 0.29) is 6.04 Å². The van der Waals surface area contributed by atoms with Crippen LogP contribution in [-0.2, 0) is 0 Å². The summed E-state index contributed by atoms with van der Waals surface area (Å²) in [5.74, 6) is 0. The molecular formula is C16H13Cl2N3. The summed E-state index contributed by atoms with van der Waals surface area (Å²) < 4.78 is 1.79. The van der Waals surface area contributed by atoms with Gasteiger partial charge in [-0.2, -0.15) is 5.10 Å². The third-order valence-corrected chi connectivity index (χ3v) is 4.13. The number of para-hydroxylation sites is 1. The first-order chi connectivity index (χ1) is 10.2. The van der Waals surface area contributed by atoms with Crippen molar-refractivity contribution < 1.29 is 0 Å². The minimum Gasteiger partial charge on any atom is -0.320 e. The average Bonchev–Trinajstić information content (AvgIpc) is 3.00. The highest BCUT2D eigenvalue weighted by Crippen LogP contribution is 2.31. The van der Waals surface area contributed by atoms with Crippen molar-refractivity contribution >= 4 is 23.2 Å². The molecule has 1 unspecified atom stereocenters. The lowest BCUT2D eigenvalue weighted by molar-refractivity contribution is 0.862. The van der Waals surface area contributed by atoms with Gasteiger partial charge in [-0.3, -0.25) is 0 Å². The number of nitrogens with two attached hydrogens (primary N) is 1. The summed E-state index contributed by atoms with van der Waals surface area (Å²) >= 11 is 12.3. The Balaban J connectivity index is 1.95. The normalized spacial score (nSPS) is 12.3. The Hall–Kier alpha value is -1.81. The molecule has 106 valence electrons. The molecule has 0 aliphatic carbocycles. The topological polar surface area (TPSA) is 43.8 Å². The van der Waals surface area contributed by atoms with E-state index in [1.54, 1.807) is 16.9 Å². The van der Waals surface area contributed by atoms with Gasteiger partial charge in [0, 0.05) is 11.8 Å². The van der Waals surface area contributed by atoms with Gasteiger partial charge in [0.15, 0.2) is 0 Å². The molecule has 21 heavy (non-hydrogen) atoms. The number of hydrogen-bond donors (Lipinski definition) is 1. The van der Waals surface area contributed by atoms with E-state index in [2.05, 4.69) is 5.10 Å². The van der Waals surface area contributed by atoms with Crippen molar-refractivity contribution in [2.45, 2.75) is 6.04 Å². The molecule has 0 fully saturated rings. The van der Waals surface area contributed by atoms with E-state index < -0.39 is 0 Å². The molecule has 0 saturated heterocycles. The highest BCUT2D eigenvalue weighted by molar-refractivity contribution is 6.42. The largest absolute Gasteiger partial charge is 0.320 e. The Bertz CT molecular complexity index is 753. The molecule has 0 aliphatic rings. The zero-order valence-corrected chi connectivity index (χ0v) is 12.6. The fraction of sp³-hybridized carbons (Fsp3) is 0.0625. The maximum atomic E-state index is 6.28. The lowest BCUT2D eigenvalue weighted by Gasteiger charge is -2.12. The minimum atomic E-state index is -0.367. The summed E-state index contributed by atoms with van der Waals surface area (Å²) in [5.41, 5.74) is 8.93. The van der Waals surface area contributed by atoms with E-state index in [9.17, 15) is 0 Å². The smallest absolute Gasteiger partial charge is 0.0645 e. The second-order valence-electron chi connectivity index (χ2n) is 4.67. The summed E-state index contributed by atoms with van der Waals surface area (Å²) in [6, 6.07) is 14.9. The van der Waals surface area contributed by atoms with Crippen molar-refractivity contribution in [1.29, 1.82) is 0 Å². The van der Waals surface area contributed by atoms with Gasteiger partial charge in [0.1, 0.15) is 0 Å². The summed E-state index contributed by atoms with van der Waals surface area (Å²) in [7, 11) is 0. The first-order valence-corrected chi connectivity index (χ1v) is 7.22. The van der Waals surface area contributed by atoms with Crippen LogP contribution in [0, 0.1) is 0 Å². The highest BCUT2D eigenvalue weighted by Gasteiger charge is 2.16. The van der Waals surface area contributed by atoms with Gasteiger partial charge in [0.25, 0.3) is 0 Å². The van der Waals surface area contributed by atoms with E-state index in [1.165, 1.54) is 0 Å². The van der Waals surface area contributed by atoms with Crippen LogP contribution < -0.4 is 5.73 Å². The van der Waals surface area contributed by atoms with Crippen LogP contribution in [0.25, 0.3) is 5.69 Å². The number of halogens is 2. The van der Waals surface area contributed by atoms with Gasteiger partial charge < -0.3 is 5.73 Å². The van der Waals surface area contributed by atoms with E-state index in [1.807, 2.05) is 48.7 Å². The Morgan fingerprint density at radius 2 is 1.76 bits per heavy atom. The predicted molar refractivity (Wildman–Crippen MR) is 86.1 cm³/mol. The van der Waals surface area contributed by atoms with Crippen molar-refractivity contribution in [3.05, 3.63) is 82.1 Å². The molecule has 1 heterocycles. The molecule has 1 atom stereocenters. The fourth-order valence-corrected chi connectivity index (χ4v) is 2.58. The zero-order valence-electron chi connectivity index (χ0n) is 11.1. The van der Waals surface area contributed by atoms with Gasteiger partial charge in [0.2, 0.25) is 0 Å². The van der Waals surface area contributed by atoms with Crippen LogP contribution in [-0.4, -0.2) is 9.78 Å². The van der Waals surface area contributed by atoms with Gasteiger partial charge in [-0.1, -0.05) is 53.5 Å². The van der Waals surface area contributed by atoms with Gasteiger partial charge in [-0.05, 0) is 23.8 Å². The lowest BCUT2D eigenvalue weighted by atomic mass is 10.0.